The predicted octanol–water partition coefficient (Wildman–Crippen LogP) is 2.00. The smallest absolute Gasteiger partial charge is 0.0336 e. The molecule has 0 unspecified atom stereocenters. The van der Waals surface area contributed by atoms with Crippen molar-refractivity contribution < 1.29 is 0 Å². The standard InChI is InChI=1S/C13H20N2/c1-2-15(13(11-14)8-9-13)10-12-6-4-3-5-7-12/h3-7H,2,8-11,14H2,1H3. The second-order valence-electron chi connectivity index (χ2n) is 4.43. The molecule has 0 radical (unpaired) electrons. The first-order chi connectivity index (χ1) is 7.30. The largest absolute Gasteiger partial charge is 0.329 e. The van der Waals surface area contributed by atoms with Crippen molar-refractivity contribution in [2.45, 2.75) is 31.8 Å². The first kappa shape index (κ1) is 10.7. The molecule has 0 aliphatic heterocycles. The summed E-state index contributed by atoms with van der Waals surface area (Å²) in [6.07, 6.45) is 2.54. The second-order valence-corrected chi connectivity index (χ2v) is 4.43. The fraction of sp³-hybridized carbons (Fsp3) is 0.538. The topological polar surface area (TPSA) is 29.3 Å². The number of hydrogen-bond acceptors (Lipinski definition) is 2. The maximum atomic E-state index is 5.86. The summed E-state index contributed by atoms with van der Waals surface area (Å²) in [5.41, 5.74) is 7.57. The Kier molecular flexibility index (Phi) is 3.08. The molecular formula is C13H20N2. The lowest BCUT2D eigenvalue weighted by molar-refractivity contribution is 0.182. The highest BCUT2D eigenvalue weighted by molar-refractivity contribution is 5.16. The molecule has 0 heterocycles. The van der Waals surface area contributed by atoms with Gasteiger partial charge < -0.3 is 5.73 Å². The van der Waals surface area contributed by atoms with Gasteiger partial charge in [0, 0.05) is 18.6 Å². The Morgan fingerprint density at radius 2 is 1.93 bits per heavy atom. The highest BCUT2D eigenvalue weighted by Crippen LogP contribution is 2.41. The summed E-state index contributed by atoms with van der Waals surface area (Å²) in [6.45, 7) is 5.15. The van der Waals surface area contributed by atoms with E-state index < -0.39 is 0 Å². The van der Waals surface area contributed by atoms with Crippen LogP contribution >= 0.6 is 0 Å². The fourth-order valence-electron chi connectivity index (χ4n) is 2.21. The minimum absolute atomic E-state index is 0.324. The van der Waals surface area contributed by atoms with E-state index in [9.17, 15) is 0 Å². The van der Waals surface area contributed by atoms with Crippen molar-refractivity contribution >= 4 is 0 Å². The van der Waals surface area contributed by atoms with E-state index in [1.54, 1.807) is 0 Å². The number of nitrogens with two attached hydrogens (primary N) is 1. The highest BCUT2D eigenvalue weighted by Gasteiger charge is 2.45. The van der Waals surface area contributed by atoms with Crippen LogP contribution in [0.5, 0.6) is 0 Å². The molecule has 0 bridgehead atoms. The van der Waals surface area contributed by atoms with Crippen LogP contribution in [0.4, 0.5) is 0 Å². The lowest BCUT2D eigenvalue weighted by Gasteiger charge is -2.29. The van der Waals surface area contributed by atoms with Crippen molar-refractivity contribution in [2.24, 2.45) is 5.73 Å². The molecule has 2 nitrogen and oxygen atoms in total. The molecule has 1 aliphatic rings. The summed E-state index contributed by atoms with van der Waals surface area (Å²) < 4.78 is 0. The van der Waals surface area contributed by atoms with E-state index in [1.165, 1.54) is 18.4 Å². The molecular weight excluding hydrogens is 184 g/mol. The Hall–Kier alpha value is -0.860. The van der Waals surface area contributed by atoms with Crippen molar-refractivity contribution in [2.75, 3.05) is 13.1 Å². The quantitative estimate of drug-likeness (QED) is 0.795. The van der Waals surface area contributed by atoms with Crippen LogP contribution in [-0.4, -0.2) is 23.5 Å². The third kappa shape index (κ3) is 2.21. The molecule has 82 valence electrons. The van der Waals surface area contributed by atoms with Crippen LogP contribution in [0.15, 0.2) is 30.3 Å². The number of benzene rings is 1. The summed E-state index contributed by atoms with van der Waals surface area (Å²) in [4.78, 5) is 2.52. The monoisotopic (exact) mass is 204 g/mol. The van der Waals surface area contributed by atoms with E-state index in [-0.39, 0.29) is 0 Å². The van der Waals surface area contributed by atoms with Gasteiger partial charge in [-0.2, -0.15) is 0 Å². The molecule has 0 aromatic heterocycles. The van der Waals surface area contributed by atoms with Crippen LogP contribution in [-0.2, 0) is 6.54 Å². The number of hydrogen-bond donors (Lipinski definition) is 1. The molecule has 2 N–H and O–H groups in total. The average molecular weight is 204 g/mol. The first-order valence-electron chi connectivity index (χ1n) is 5.80. The van der Waals surface area contributed by atoms with E-state index >= 15 is 0 Å². The second kappa shape index (κ2) is 4.33. The van der Waals surface area contributed by atoms with Gasteiger partial charge in [0.2, 0.25) is 0 Å². The lowest BCUT2D eigenvalue weighted by atomic mass is 10.1. The maximum absolute atomic E-state index is 5.86. The summed E-state index contributed by atoms with van der Waals surface area (Å²) in [5.74, 6) is 0. The normalized spacial score (nSPS) is 18.1. The Morgan fingerprint density at radius 1 is 1.27 bits per heavy atom. The Morgan fingerprint density at radius 3 is 2.40 bits per heavy atom. The van der Waals surface area contributed by atoms with Crippen molar-refractivity contribution in [3.8, 4) is 0 Å². The van der Waals surface area contributed by atoms with Gasteiger partial charge in [-0.25, -0.2) is 0 Å². The summed E-state index contributed by atoms with van der Waals surface area (Å²) >= 11 is 0. The van der Waals surface area contributed by atoms with Crippen LogP contribution in [0.25, 0.3) is 0 Å². The van der Waals surface area contributed by atoms with E-state index in [0.29, 0.717) is 5.54 Å². The van der Waals surface area contributed by atoms with Gasteiger partial charge in [-0.05, 0) is 24.9 Å². The zero-order chi connectivity index (χ0) is 10.7. The van der Waals surface area contributed by atoms with Gasteiger partial charge in [-0.3, -0.25) is 4.90 Å². The zero-order valence-electron chi connectivity index (χ0n) is 9.45. The van der Waals surface area contributed by atoms with Crippen molar-refractivity contribution in [1.82, 2.24) is 4.90 Å². The number of likely N-dealkylation sites (N-methyl/N-ethyl adjacent to an activating group) is 1. The Balaban J connectivity index is 2.03. The Bertz CT molecular complexity index is 304. The maximum Gasteiger partial charge on any atom is 0.0336 e. The third-order valence-corrected chi connectivity index (χ3v) is 3.48. The molecule has 1 aliphatic carbocycles. The number of rotatable bonds is 5. The van der Waals surface area contributed by atoms with Gasteiger partial charge in [0.05, 0.1) is 0 Å². The van der Waals surface area contributed by atoms with Crippen LogP contribution < -0.4 is 5.73 Å². The van der Waals surface area contributed by atoms with Crippen LogP contribution in [0.2, 0.25) is 0 Å². The SMILES string of the molecule is CCN(Cc1ccccc1)C1(CN)CC1. The molecule has 0 amide bonds. The minimum atomic E-state index is 0.324. The summed E-state index contributed by atoms with van der Waals surface area (Å²) in [6, 6.07) is 10.6. The highest BCUT2D eigenvalue weighted by atomic mass is 15.2. The van der Waals surface area contributed by atoms with E-state index in [1.807, 2.05) is 0 Å². The molecule has 0 spiro atoms. The molecule has 1 aromatic carbocycles. The van der Waals surface area contributed by atoms with Crippen LogP contribution in [0, 0.1) is 0 Å². The van der Waals surface area contributed by atoms with Gasteiger partial charge in [0.15, 0.2) is 0 Å². The lowest BCUT2D eigenvalue weighted by Crippen LogP contribution is -2.42. The van der Waals surface area contributed by atoms with Crippen molar-refractivity contribution in [3.63, 3.8) is 0 Å². The van der Waals surface area contributed by atoms with Crippen molar-refractivity contribution in [1.29, 1.82) is 0 Å². The van der Waals surface area contributed by atoms with E-state index in [4.69, 9.17) is 5.73 Å². The molecule has 0 saturated heterocycles. The molecule has 2 heteroatoms. The third-order valence-electron chi connectivity index (χ3n) is 3.48. The molecule has 15 heavy (non-hydrogen) atoms. The van der Waals surface area contributed by atoms with Gasteiger partial charge in [-0.15, -0.1) is 0 Å². The molecule has 1 aromatic rings. The van der Waals surface area contributed by atoms with E-state index in [0.717, 1.165) is 19.6 Å². The average Bonchev–Trinajstić information content (AvgIpc) is 3.08. The van der Waals surface area contributed by atoms with Crippen LogP contribution in [0.3, 0.4) is 0 Å². The molecule has 0 atom stereocenters. The molecule has 2 rings (SSSR count). The number of nitrogens with zero attached hydrogens (tertiary/aromatic N) is 1. The molecule has 1 fully saturated rings. The first-order valence-corrected chi connectivity index (χ1v) is 5.80. The van der Waals surface area contributed by atoms with Crippen molar-refractivity contribution in [3.05, 3.63) is 35.9 Å². The van der Waals surface area contributed by atoms with Gasteiger partial charge in [0.25, 0.3) is 0 Å². The predicted molar refractivity (Wildman–Crippen MR) is 63.5 cm³/mol. The van der Waals surface area contributed by atoms with Gasteiger partial charge in [-0.1, -0.05) is 37.3 Å². The molecule has 1 saturated carbocycles. The zero-order valence-corrected chi connectivity index (χ0v) is 9.45. The van der Waals surface area contributed by atoms with Gasteiger partial charge in [0.1, 0.15) is 0 Å². The Labute approximate surface area is 92.1 Å². The van der Waals surface area contributed by atoms with Crippen LogP contribution in [0.1, 0.15) is 25.3 Å². The fourth-order valence-corrected chi connectivity index (χ4v) is 2.21. The summed E-state index contributed by atoms with van der Waals surface area (Å²) in [7, 11) is 0. The van der Waals surface area contributed by atoms with Gasteiger partial charge >= 0.3 is 0 Å². The minimum Gasteiger partial charge on any atom is -0.329 e. The summed E-state index contributed by atoms with van der Waals surface area (Å²) in [5, 5.41) is 0. The van der Waals surface area contributed by atoms with E-state index in [2.05, 4.69) is 42.2 Å².